The van der Waals surface area contributed by atoms with Gasteiger partial charge in [-0.1, -0.05) is 13.0 Å². The minimum Gasteiger partial charge on any atom is -0.399 e. The van der Waals surface area contributed by atoms with E-state index in [1.54, 1.807) is 0 Å². The Bertz CT molecular complexity index is 768. The third kappa shape index (κ3) is 2.39. The Balaban J connectivity index is 1.68. The van der Waals surface area contributed by atoms with Crippen LogP contribution in [0.15, 0.2) is 18.2 Å². The predicted octanol–water partition coefficient (Wildman–Crippen LogP) is 2.17. The van der Waals surface area contributed by atoms with Crippen LogP contribution < -0.4 is 5.46 Å². The van der Waals surface area contributed by atoms with Gasteiger partial charge in [0.25, 0.3) is 0 Å². The van der Waals surface area contributed by atoms with Crippen molar-refractivity contribution in [2.24, 2.45) is 0 Å². The molecule has 0 aliphatic carbocycles. The molecule has 5 nitrogen and oxygen atoms in total. The molecule has 1 saturated heterocycles. The lowest BCUT2D eigenvalue weighted by Gasteiger charge is -2.32. The fraction of sp³-hybridized carbons (Fsp3) is 0.611. The van der Waals surface area contributed by atoms with Crippen molar-refractivity contribution >= 4 is 23.6 Å². The summed E-state index contributed by atoms with van der Waals surface area (Å²) in [6, 6.07) is 6.40. The van der Waals surface area contributed by atoms with Crippen molar-refractivity contribution in [2.75, 3.05) is 13.1 Å². The zero-order chi connectivity index (χ0) is 17.1. The van der Waals surface area contributed by atoms with Crippen molar-refractivity contribution in [1.82, 2.24) is 14.5 Å². The normalized spacial score (nSPS) is 23.0. The third-order valence-electron chi connectivity index (χ3n) is 5.83. The maximum absolute atomic E-state index is 6.17. The Morgan fingerprint density at radius 2 is 1.83 bits per heavy atom. The molecule has 2 aliphatic rings. The van der Waals surface area contributed by atoms with E-state index in [2.05, 4.69) is 62.3 Å². The van der Waals surface area contributed by atoms with Crippen LogP contribution in [0.4, 0.5) is 0 Å². The van der Waals surface area contributed by atoms with Gasteiger partial charge >= 0.3 is 7.12 Å². The van der Waals surface area contributed by atoms with Gasteiger partial charge in [-0.3, -0.25) is 4.90 Å². The molecule has 3 heterocycles. The number of likely N-dealkylation sites (N-methyl/N-ethyl adjacent to an activating group) is 1. The summed E-state index contributed by atoms with van der Waals surface area (Å²) in [6.45, 7) is 14.6. The molecule has 0 amide bonds. The van der Waals surface area contributed by atoms with E-state index in [4.69, 9.17) is 14.3 Å². The molecule has 128 valence electrons. The Morgan fingerprint density at radius 3 is 2.50 bits per heavy atom. The third-order valence-corrected chi connectivity index (χ3v) is 5.83. The Labute approximate surface area is 144 Å². The molecule has 1 aromatic carbocycles. The summed E-state index contributed by atoms with van der Waals surface area (Å²) in [4.78, 5) is 7.29. The van der Waals surface area contributed by atoms with Crippen molar-refractivity contribution in [3.8, 4) is 0 Å². The molecule has 24 heavy (non-hydrogen) atoms. The first-order valence-corrected chi connectivity index (χ1v) is 8.88. The van der Waals surface area contributed by atoms with Gasteiger partial charge in [0.1, 0.15) is 5.82 Å². The SMILES string of the molecule is CCN1CCn2c(nc3cc(B4OC(C)(C)C(C)(C)O4)ccc32)C1. The highest BCUT2D eigenvalue weighted by molar-refractivity contribution is 6.62. The van der Waals surface area contributed by atoms with Gasteiger partial charge in [-0.2, -0.15) is 0 Å². The number of aromatic nitrogens is 2. The van der Waals surface area contributed by atoms with E-state index < -0.39 is 0 Å². The molecule has 0 bridgehead atoms. The lowest BCUT2D eigenvalue weighted by Crippen LogP contribution is -2.41. The molecule has 2 aliphatic heterocycles. The summed E-state index contributed by atoms with van der Waals surface area (Å²) in [5.41, 5.74) is 2.66. The van der Waals surface area contributed by atoms with Crippen molar-refractivity contribution in [3.05, 3.63) is 24.0 Å². The summed E-state index contributed by atoms with van der Waals surface area (Å²) >= 11 is 0. The number of imidazole rings is 1. The van der Waals surface area contributed by atoms with E-state index in [1.807, 2.05) is 0 Å². The number of hydrogen-bond acceptors (Lipinski definition) is 4. The molecule has 0 radical (unpaired) electrons. The van der Waals surface area contributed by atoms with Crippen LogP contribution >= 0.6 is 0 Å². The van der Waals surface area contributed by atoms with E-state index in [-0.39, 0.29) is 18.3 Å². The maximum atomic E-state index is 6.17. The van der Waals surface area contributed by atoms with E-state index in [0.717, 1.165) is 43.0 Å². The highest BCUT2D eigenvalue weighted by Crippen LogP contribution is 2.36. The van der Waals surface area contributed by atoms with Crippen LogP contribution in [0.1, 0.15) is 40.4 Å². The van der Waals surface area contributed by atoms with Crippen LogP contribution in [0.2, 0.25) is 0 Å². The first-order valence-electron chi connectivity index (χ1n) is 8.88. The van der Waals surface area contributed by atoms with Gasteiger partial charge in [0, 0.05) is 13.1 Å². The van der Waals surface area contributed by atoms with Crippen LogP contribution in [-0.4, -0.2) is 45.9 Å². The van der Waals surface area contributed by atoms with Crippen molar-refractivity contribution < 1.29 is 9.31 Å². The van der Waals surface area contributed by atoms with Gasteiger partial charge in [0.2, 0.25) is 0 Å². The van der Waals surface area contributed by atoms with Crippen LogP contribution in [0, 0.1) is 0 Å². The van der Waals surface area contributed by atoms with E-state index in [0.29, 0.717) is 0 Å². The molecular formula is C18H26BN3O2. The smallest absolute Gasteiger partial charge is 0.399 e. The summed E-state index contributed by atoms with van der Waals surface area (Å²) < 4.78 is 14.7. The number of hydrogen-bond donors (Lipinski definition) is 0. The lowest BCUT2D eigenvalue weighted by molar-refractivity contribution is 0.00578. The molecule has 4 rings (SSSR count). The minimum absolute atomic E-state index is 0.318. The molecule has 1 fully saturated rings. The highest BCUT2D eigenvalue weighted by atomic mass is 16.7. The van der Waals surface area contributed by atoms with Crippen LogP contribution in [0.3, 0.4) is 0 Å². The van der Waals surface area contributed by atoms with Gasteiger partial charge < -0.3 is 13.9 Å². The quantitative estimate of drug-likeness (QED) is 0.793. The van der Waals surface area contributed by atoms with Gasteiger partial charge in [-0.05, 0) is 51.8 Å². The van der Waals surface area contributed by atoms with Gasteiger partial charge in [-0.25, -0.2) is 4.98 Å². The number of benzene rings is 1. The molecule has 0 unspecified atom stereocenters. The van der Waals surface area contributed by atoms with Crippen molar-refractivity contribution in [3.63, 3.8) is 0 Å². The van der Waals surface area contributed by atoms with Crippen molar-refractivity contribution in [1.29, 1.82) is 0 Å². The summed E-state index contributed by atoms with van der Waals surface area (Å²) in [6.07, 6.45) is 0. The first kappa shape index (κ1) is 16.1. The minimum atomic E-state index is -0.328. The zero-order valence-electron chi connectivity index (χ0n) is 15.3. The lowest BCUT2D eigenvalue weighted by atomic mass is 9.79. The summed E-state index contributed by atoms with van der Waals surface area (Å²) in [5, 5.41) is 0. The van der Waals surface area contributed by atoms with Gasteiger partial charge in [0.15, 0.2) is 0 Å². The molecule has 0 atom stereocenters. The second-order valence-electron chi connectivity index (χ2n) is 7.88. The zero-order valence-corrected chi connectivity index (χ0v) is 15.3. The maximum Gasteiger partial charge on any atom is 0.494 e. The van der Waals surface area contributed by atoms with E-state index in [9.17, 15) is 0 Å². The second-order valence-corrected chi connectivity index (χ2v) is 7.88. The van der Waals surface area contributed by atoms with Crippen LogP contribution in [0.25, 0.3) is 11.0 Å². The average Bonchev–Trinajstić information content (AvgIpc) is 2.99. The molecule has 1 aromatic heterocycles. The number of nitrogens with zero attached hydrogens (tertiary/aromatic N) is 3. The van der Waals surface area contributed by atoms with E-state index in [1.165, 1.54) is 5.52 Å². The number of rotatable bonds is 2. The molecule has 6 heteroatoms. The standard InChI is InChI=1S/C18H26BN3O2/c1-6-21-9-10-22-15-8-7-13(11-14(15)20-16(22)12-21)19-23-17(2,3)18(4,5)24-19/h7-8,11H,6,9-10,12H2,1-5H3. The topological polar surface area (TPSA) is 39.5 Å². The van der Waals surface area contributed by atoms with Crippen LogP contribution in [-0.2, 0) is 22.4 Å². The predicted molar refractivity (Wildman–Crippen MR) is 96.4 cm³/mol. The van der Waals surface area contributed by atoms with E-state index >= 15 is 0 Å². The summed E-state index contributed by atoms with van der Waals surface area (Å²) in [7, 11) is -0.328. The number of fused-ring (bicyclic) bond motifs is 3. The van der Waals surface area contributed by atoms with Gasteiger partial charge in [-0.15, -0.1) is 0 Å². The largest absolute Gasteiger partial charge is 0.494 e. The fourth-order valence-corrected chi connectivity index (χ4v) is 3.48. The molecule has 0 spiro atoms. The molecule has 0 saturated carbocycles. The Kier molecular flexibility index (Phi) is 3.57. The first-order chi connectivity index (χ1) is 11.3. The molecular weight excluding hydrogens is 301 g/mol. The Hall–Kier alpha value is -1.37. The summed E-state index contributed by atoms with van der Waals surface area (Å²) in [5.74, 6) is 1.16. The Morgan fingerprint density at radius 1 is 1.12 bits per heavy atom. The highest BCUT2D eigenvalue weighted by Gasteiger charge is 2.51. The molecule has 2 aromatic rings. The monoisotopic (exact) mass is 327 g/mol. The van der Waals surface area contributed by atoms with Gasteiger partial charge in [0.05, 0.1) is 28.8 Å². The molecule has 0 N–H and O–H groups in total. The fourth-order valence-electron chi connectivity index (χ4n) is 3.48. The average molecular weight is 327 g/mol. The second kappa shape index (κ2) is 5.31. The van der Waals surface area contributed by atoms with Crippen LogP contribution in [0.5, 0.6) is 0 Å². The van der Waals surface area contributed by atoms with Crippen molar-refractivity contribution in [2.45, 2.75) is 58.9 Å².